The highest BCUT2D eigenvalue weighted by molar-refractivity contribution is 5.92. The molecule has 0 rings (SSSR count). The van der Waals surface area contributed by atoms with E-state index in [0.717, 1.165) is 25.3 Å². The van der Waals surface area contributed by atoms with E-state index in [0.29, 0.717) is 12.3 Å². The average molecular weight is 298 g/mol. The first-order chi connectivity index (χ1) is 10.0. The Morgan fingerprint density at radius 1 is 1.24 bits per heavy atom. The number of carbonyl (C=O) groups is 2. The Hall–Kier alpha value is -1.62. The Bertz CT molecular complexity index is 358. The van der Waals surface area contributed by atoms with Crippen LogP contribution in [0.25, 0.3) is 0 Å². The lowest BCUT2D eigenvalue weighted by atomic mass is 10.0. The topological polar surface area (TPSA) is 72.8 Å². The van der Waals surface area contributed by atoms with Crippen LogP contribution < -0.4 is 0 Å². The first-order valence-corrected chi connectivity index (χ1v) is 7.33. The van der Waals surface area contributed by atoms with E-state index in [4.69, 9.17) is 14.6 Å². The van der Waals surface area contributed by atoms with Crippen molar-refractivity contribution in [3.8, 4) is 0 Å². The molecule has 120 valence electrons. The predicted molar refractivity (Wildman–Crippen MR) is 80.3 cm³/mol. The summed E-state index contributed by atoms with van der Waals surface area (Å²) in [5, 5.41) is 8.62. The number of ether oxygens (including phenoxy) is 2. The standard InChI is InChI=1S/C16H26O5/c1-4-15(18)21-14(16(19)20-12-11-17)10-8-6-5-7-9-13(2)3/h4,10,13,17H,1,5-9,11-12H2,2-3H3/b14-10+. The summed E-state index contributed by atoms with van der Waals surface area (Å²) in [6.45, 7) is 7.24. The van der Waals surface area contributed by atoms with Crippen LogP contribution in [-0.4, -0.2) is 30.3 Å². The van der Waals surface area contributed by atoms with Crippen LogP contribution in [-0.2, 0) is 19.1 Å². The summed E-state index contributed by atoms with van der Waals surface area (Å²) < 4.78 is 9.59. The number of allylic oxidation sites excluding steroid dienone is 1. The molecule has 0 aliphatic heterocycles. The molecule has 5 heteroatoms. The molecule has 0 bridgehead atoms. The number of aliphatic hydroxyl groups is 1. The van der Waals surface area contributed by atoms with Gasteiger partial charge in [-0.05, 0) is 24.8 Å². The van der Waals surface area contributed by atoms with Crippen LogP contribution in [0.15, 0.2) is 24.5 Å². The molecule has 0 aromatic heterocycles. The van der Waals surface area contributed by atoms with E-state index in [2.05, 4.69) is 20.4 Å². The molecule has 1 N–H and O–H groups in total. The zero-order valence-corrected chi connectivity index (χ0v) is 13.0. The lowest BCUT2D eigenvalue weighted by molar-refractivity contribution is -0.149. The van der Waals surface area contributed by atoms with Crippen molar-refractivity contribution in [3.05, 3.63) is 24.5 Å². The van der Waals surface area contributed by atoms with Gasteiger partial charge < -0.3 is 14.6 Å². The smallest absolute Gasteiger partial charge is 0.374 e. The summed E-state index contributed by atoms with van der Waals surface area (Å²) in [5.74, 6) is -0.904. The van der Waals surface area contributed by atoms with E-state index in [1.807, 2.05) is 0 Å². The molecule has 0 amide bonds. The number of hydrogen-bond donors (Lipinski definition) is 1. The Kier molecular flexibility index (Phi) is 11.2. The maximum absolute atomic E-state index is 11.6. The minimum absolute atomic E-state index is 0.129. The van der Waals surface area contributed by atoms with Gasteiger partial charge in [-0.25, -0.2) is 9.59 Å². The number of carbonyl (C=O) groups excluding carboxylic acids is 2. The maximum atomic E-state index is 11.6. The molecule has 0 aromatic rings. The molecular formula is C16H26O5. The molecule has 21 heavy (non-hydrogen) atoms. The van der Waals surface area contributed by atoms with Crippen molar-refractivity contribution in [1.82, 2.24) is 0 Å². The largest absolute Gasteiger partial charge is 0.457 e. The zero-order valence-electron chi connectivity index (χ0n) is 13.0. The normalized spacial score (nSPS) is 11.3. The van der Waals surface area contributed by atoms with Gasteiger partial charge in [0.2, 0.25) is 5.76 Å². The van der Waals surface area contributed by atoms with Crippen LogP contribution in [0.2, 0.25) is 0 Å². The molecule has 0 aliphatic carbocycles. The van der Waals surface area contributed by atoms with Gasteiger partial charge in [0, 0.05) is 6.08 Å². The van der Waals surface area contributed by atoms with Gasteiger partial charge in [-0.1, -0.05) is 39.7 Å². The highest BCUT2D eigenvalue weighted by Gasteiger charge is 2.15. The predicted octanol–water partition coefficient (Wildman–Crippen LogP) is 2.74. The van der Waals surface area contributed by atoms with Gasteiger partial charge in [0.1, 0.15) is 6.61 Å². The third kappa shape index (κ3) is 10.8. The van der Waals surface area contributed by atoms with Gasteiger partial charge in [0.05, 0.1) is 6.61 Å². The van der Waals surface area contributed by atoms with E-state index in [-0.39, 0.29) is 19.0 Å². The van der Waals surface area contributed by atoms with Crippen molar-refractivity contribution in [1.29, 1.82) is 0 Å². The van der Waals surface area contributed by atoms with E-state index in [9.17, 15) is 9.59 Å². The van der Waals surface area contributed by atoms with Gasteiger partial charge >= 0.3 is 11.9 Å². The summed E-state index contributed by atoms with van der Waals surface area (Å²) in [4.78, 5) is 22.8. The molecule has 0 fully saturated rings. The number of esters is 2. The fourth-order valence-corrected chi connectivity index (χ4v) is 1.63. The van der Waals surface area contributed by atoms with Crippen LogP contribution in [0.3, 0.4) is 0 Å². The summed E-state index contributed by atoms with van der Waals surface area (Å²) in [7, 11) is 0. The number of aliphatic hydroxyl groups excluding tert-OH is 1. The average Bonchev–Trinajstić information content (AvgIpc) is 2.46. The number of unbranched alkanes of at least 4 members (excludes halogenated alkanes) is 3. The summed E-state index contributed by atoms with van der Waals surface area (Å²) in [6.07, 6.45) is 7.46. The first-order valence-electron chi connectivity index (χ1n) is 7.33. The Balaban J connectivity index is 4.29. The lowest BCUT2D eigenvalue weighted by Crippen LogP contribution is -2.15. The van der Waals surface area contributed by atoms with Crippen LogP contribution in [0.4, 0.5) is 0 Å². The molecule has 0 heterocycles. The second-order valence-corrected chi connectivity index (χ2v) is 5.08. The zero-order chi connectivity index (χ0) is 16.1. The summed E-state index contributed by atoms with van der Waals surface area (Å²) in [5.41, 5.74) is 0. The molecular weight excluding hydrogens is 272 g/mol. The highest BCUT2D eigenvalue weighted by atomic mass is 16.6. The molecule has 0 saturated carbocycles. The van der Waals surface area contributed by atoms with E-state index in [1.165, 1.54) is 6.42 Å². The Labute approximate surface area is 126 Å². The van der Waals surface area contributed by atoms with Gasteiger partial charge in [0.25, 0.3) is 0 Å². The first kappa shape index (κ1) is 19.4. The van der Waals surface area contributed by atoms with Crippen molar-refractivity contribution in [2.75, 3.05) is 13.2 Å². The highest BCUT2D eigenvalue weighted by Crippen LogP contribution is 2.11. The maximum Gasteiger partial charge on any atom is 0.374 e. The minimum Gasteiger partial charge on any atom is -0.457 e. The minimum atomic E-state index is -0.749. The van der Waals surface area contributed by atoms with Crippen molar-refractivity contribution in [3.63, 3.8) is 0 Å². The number of rotatable bonds is 11. The molecule has 0 saturated heterocycles. The van der Waals surface area contributed by atoms with Gasteiger partial charge in [-0.2, -0.15) is 0 Å². The van der Waals surface area contributed by atoms with Crippen LogP contribution in [0.1, 0.15) is 46.0 Å². The quantitative estimate of drug-likeness (QED) is 0.275. The molecule has 0 aromatic carbocycles. The molecule has 0 unspecified atom stereocenters. The van der Waals surface area contributed by atoms with Gasteiger partial charge in [0.15, 0.2) is 0 Å². The van der Waals surface area contributed by atoms with Crippen molar-refractivity contribution >= 4 is 11.9 Å². The molecule has 0 radical (unpaired) electrons. The third-order valence-corrected chi connectivity index (χ3v) is 2.72. The van der Waals surface area contributed by atoms with Crippen LogP contribution in [0.5, 0.6) is 0 Å². The molecule has 5 nitrogen and oxygen atoms in total. The van der Waals surface area contributed by atoms with Gasteiger partial charge in [-0.3, -0.25) is 0 Å². The van der Waals surface area contributed by atoms with Crippen LogP contribution in [0, 0.1) is 5.92 Å². The van der Waals surface area contributed by atoms with E-state index in [1.54, 1.807) is 6.08 Å². The monoisotopic (exact) mass is 298 g/mol. The van der Waals surface area contributed by atoms with Crippen molar-refractivity contribution in [2.45, 2.75) is 46.0 Å². The van der Waals surface area contributed by atoms with E-state index >= 15 is 0 Å². The number of hydrogen-bond acceptors (Lipinski definition) is 5. The second kappa shape index (κ2) is 12.1. The Morgan fingerprint density at radius 2 is 1.95 bits per heavy atom. The SMILES string of the molecule is C=CC(=O)O/C(=C/CCCCCC(C)C)C(=O)OCCO. The fourth-order valence-electron chi connectivity index (χ4n) is 1.63. The van der Waals surface area contributed by atoms with E-state index < -0.39 is 11.9 Å². The van der Waals surface area contributed by atoms with Crippen LogP contribution >= 0.6 is 0 Å². The third-order valence-electron chi connectivity index (χ3n) is 2.72. The molecule has 0 aliphatic rings. The fraction of sp³-hybridized carbons (Fsp3) is 0.625. The second-order valence-electron chi connectivity index (χ2n) is 5.08. The Morgan fingerprint density at radius 3 is 2.52 bits per heavy atom. The summed E-state index contributed by atoms with van der Waals surface area (Å²) >= 11 is 0. The molecule has 0 spiro atoms. The lowest BCUT2D eigenvalue weighted by Gasteiger charge is -2.07. The van der Waals surface area contributed by atoms with Gasteiger partial charge in [-0.15, -0.1) is 0 Å². The molecule has 0 atom stereocenters. The van der Waals surface area contributed by atoms with Crippen molar-refractivity contribution in [2.24, 2.45) is 5.92 Å². The summed E-state index contributed by atoms with van der Waals surface area (Å²) in [6, 6.07) is 0. The van der Waals surface area contributed by atoms with Crippen molar-refractivity contribution < 1.29 is 24.2 Å².